The molecule has 1 atom stereocenters. The first-order chi connectivity index (χ1) is 12.5. The number of fused-ring (bicyclic) bond motifs is 2. The van der Waals surface area contributed by atoms with Gasteiger partial charge in [0.1, 0.15) is 5.15 Å². The van der Waals surface area contributed by atoms with Gasteiger partial charge in [0.05, 0.1) is 16.6 Å². The third-order valence-corrected chi connectivity index (χ3v) is 6.87. The summed E-state index contributed by atoms with van der Waals surface area (Å²) < 4.78 is 0. The van der Waals surface area contributed by atoms with Crippen LogP contribution in [0.1, 0.15) is 47.6 Å². The number of halogens is 2. The number of carbonyl (C=O) groups is 1. The Labute approximate surface area is 163 Å². The molecular weight excluding hydrogens is 369 g/mol. The van der Waals surface area contributed by atoms with Crippen molar-refractivity contribution < 1.29 is 4.79 Å². The maximum atomic E-state index is 13.0. The second-order valence-electron chi connectivity index (χ2n) is 7.23. The molecule has 1 aromatic carbocycles. The fourth-order valence-electron chi connectivity index (χ4n) is 4.67. The van der Waals surface area contributed by atoms with E-state index in [-0.39, 0.29) is 27.7 Å². The first-order valence-electron chi connectivity index (χ1n) is 8.92. The minimum absolute atomic E-state index is 0.0506. The van der Waals surface area contributed by atoms with E-state index in [9.17, 15) is 4.79 Å². The van der Waals surface area contributed by atoms with Gasteiger partial charge in [0, 0.05) is 17.8 Å². The molecule has 1 N–H and O–H groups in total. The van der Waals surface area contributed by atoms with Crippen molar-refractivity contribution in [2.24, 2.45) is 0 Å². The van der Waals surface area contributed by atoms with Crippen LogP contribution in [-0.2, 0) is 0 Å². The van der Waals surface area contributed by atoms with Crippen LogP contribution in [0.15, 0.2) is 42.6 Å². The largest absolute Gasteiger partial charge is 0.343 e. The molecule has 0 radical (unpaired) electrons. The summed E-state index contributed by atoms with van der Waals surface area (Å²) >= 11 is 12.2. The number of benzene rings is 1. The predicted octanol–water partition coefficient (Wildman–Crippen LogP) is 4.49. The summed E-state index contributed by atoms with van der Waals surface area (Å²) in [5.74, 6) is -0.216. The van der Waals surface area contributed by atoms with Crippen LogP contribution in [0.25, 0.3) is 0 Å². The average Bonchev–Trinajstić information content (AvgIpc) is 3.15. The molecule has 26 heavy (non-hydrogen) atoms. The number of aromatic nitrogens is 1. The smallest absolute Gasteiger partial charge is 0.253 e. The Bertz CT molecular complexity index is 819. The van der Waals surface area contributed by atoms with Crippen molar-refractivity contribution in [3.8, 4) is 0 Å². The lowest BCUT2D eigenvalue weighted by molar-refractivity contribution is 0.0838. The quantitative estimate of drug-likeness (QED) is 0.783. The number of nitrogens with zero attached hydrogens (tertiary/aromatic N) is 2. The highest BCUT2D eigenvalue weighted by molar-refractivity contribution is 6.43. The molecule has 2 bridgehead atoms. The van der Waals surface area contributed by atoms with E-state index in [2.05, 4.69) is 34.4 Å². The molecule has 1 amide bonds. The van der Waals surface area contributed by atoms with Gasteiger partial charge in [0.2, 0.25) is 0 Å². The Hall–Kier alpha value is -1.62. The highest BCUT2D eigenvalue weighted by Gasteiger charge is 2.54. The molecule has 0 unspecified atom stereocenters. The number of rotatable bonds is 4. The predicted molar refractivity (Wildman–Crippen MR) is 104 cm³/mol. The SMILES string of the molecule is CN1C2CCC1([C@H](NC(=O)c1ccnc(Cl)c1Cl)c1ccccc1)CC2. The number of nitrogens with one attached hydrogen (secondary N) is 1. The molecule has 0 spiro atoms. The van der Waals surface area contributed by atoms with Crippen molar-refractivity contribution in [2.75, 3.05) is 7.05 Å². The van der Waals surface area contributed by atoms with Crippen molar-refractivity contribution in [1.82, 2.24) is 15.2 Å². The van der Waals surface area contributed by atoms with Gasteiger partial charge in [-0.25, -0.2) is 4.98 Å². The van der Waals surface area contributed by atoms with Gasteiger partial charge in [-0.15, -0.1) is 0 Å². The van der Waals surface area contributed by atoms with Crippen LogP contribution >= 0.6 is 23.2 Å². The van der Waals surface area contributed by atoms with Crippen molar-refractivity contribution in [2.45, 2.75) is 43.3 Å². The molecule has 2 fully saturated rings. The molecule has 2 aliphatic heterocycles. The molecule has 1 aromatic heterocycles. The van der Waals surface area contributed by atoms with E-state index in [0.717, 1.165) is 18.4 Å². The number of pyridine rings is 1. The van der Waals surface area contributed by atoms with Gasteiger partial charge in [0.15, 0.2) is 0 Å². The highest BCUT2D eigenvalue weighted by atomic mass is 35.5. The zero-order valence-corrected chi connectivity index (χ0v) is 16.1. The normalized spacial score (nSPS) is 26.0. The van der Waals surface area contributed by atoms with Gasteiger partial charge in [-0.3, -0.25) is 9.69 Å². The van der Waals surface area contributed by atoms with E-state index in [0.29, 0.717) is 11.6 Å². The van der Waals surface area contributed by atoms with E-state index in [4.69, 9.17) is 23.2 Å². The van der Waals surface area contributed by atoms with Gasteiger partial charge in [-0.05, 0) is 44.4 Å². The van der Waals surface area contributed by atoms with E-state index in [1.165, 1.54) is 19.0 Å². The third kappa shape index (κ3) is 2.81. The lowest BCUT2D eigenvalue weighted by Gasteiger charge is -2.41. The fourth-order valence-corrected chi connectivity index (χ4v) is 5.03. The summed E-state index contributed by atoms with van der Waals surface area (Å²) in [6.07, 6.45) is 6.03. The molecule has 2 saturated heterocycles. The number of amides is 1. The molecular formula is C20H21Cl2N3O. The van der Waals surface area contributed by atoms with Crippen molar-refractivity contribution in [3.05, 3.63) is 63.9 Å². The summed E-state index contributed by atoms with van der Waals surface area (Å²) in [5, 5.41) is 3.60. The molecule has 0 saturated carbocycles. The van der Waals surface area contributed by atoms with E-state index >= 15 is 0 Å². The number of hydrogen-bond acceptors (Lipinski definition) is 3. The Morgan fingerprint density at radius 3 is 2.54 bits per heavy atom. The van der Waals surface area contributed by atoms with Crippen molar-refractivity contribution in [1.29, 1.82) is 0 Å². The second kappa shape index (κ2) is 6.84. The van der Waals surface area contributed by atoms with Crippen LogP contribution in [-0.4, -0.2) is 34.4 Å². The van der Waals surface area contributed by atoms with Crippen LogP contribution in [0.5, 0.6) is 0 Å². The van der Waals surface area contributed by atoms with E-state index in [1.54, 1.807) is 6.07 Å². The molecule has 3 heterocycles. The molecule has 136 valence electrons. The van der Waals surface area contributed by atoms with Gasteiger partial charge in [-0.1, -0.05) is 53.5 Å². The average molecular weight is 390 g/mol. The van der Waals surface area contributed by atoms with Crippen LogP contribution in [0.2, 0.25) is 10.2 Å². The van der Waals surface area contributed by atoms with Crippen LogP contribution in [0, 0.1) is 0 Å². The minimum atomic E-state index is -0.216. The number of carbonyl (C=O) groups excluding carboxylic acids is 1. The first kappa shape index (κ1) is 17.8. The lowest BCUT2D eigenvalue weighted by atomic mass is 9.78. The number of likely N-dealkylation sites (N-methyl/N-ethyl adjacent to an activating group) is 1. The zero-order valence-electron chi connectivity index (χ0n) is 14.6. The fraction of sp³-hybridized carbons (Fsp3) is 0.400. The minimum Gasteiger partial charge on any atom is -0.343 e. The summed E-state index contributed by atoms with van der Waals surface area (Å²) in [6.45, 7) is 0. The molecule has 2 aromatic rings. The van der Waals surface area contributed by atoms with Crippen LogP contribution in [0.3, 0.4) is 0 Å². The Morgan fingerprint density at radius 1 is 1.23 bits per heavy atom. The Morgan fingerprint density at radius 2 is 1.92 bits per heavy atom. The van der Waals surface area contributed by atoms with Gasteiger partial charge in [-0.2, -0.15) is 0 Å². The van der Waals surface area contributed by atoms with Crippen LogP contribution in [0.4, 0.5) is 0 Å². The third-order valence-electron chi connectivity index (χ3n) is 6.11. The van der Waals surface area contributed by atoms with Crippen molar-refractivity contribution >= 4 is 29.1 Å². The Kier molecular flexibility index (Phi) is 4.68. The highest BCUT2D eigenvalue weighted by Crippen LogP contribution is 2.51. The second-order valence-corrected chi connectivity index (χ2v) is 7.96. The zero-order chi connectivity index (χ0) is 18.3. The van der Waals surface area contributed by atoms with E-state index in [1.807, 2.05) is 18.2 Å². The van der Waals surface area contributed by atoms with Gasteiger partial charge >= 0.3 is 0 Å². The van der Waals surface area contributed by atoms with Gasteiger partial charge in [0.25, 0.3) is 5.91 Å². The monoisotopic (exact) mass is 389 g/mol. The lowest BCUT2D eigenvalue weighted by Crippen LogP contribution is -2.51. The standard InChI is InChI=1S/C20H21Cl2N3O/c1-25-14-7-10-20(25,11-8-14)17(13-5-3-2-4-6-13)24-19(26)15-9-12-23-18(22)16(15)21/h2-6,9,12,14,17H,7-8,10-11H2,1H3,(H,24,26)/t14?,17-,20?/m1/s1. The molecule has 4 rings (SSSR count). The summed E-state index contributed by atoms with van der Waals surface area (Å²) in [6, 6.07) is 12.3. The van der Waals surface area contributed by atoms with Crippen LogP contribution < -0.4 is 5.32 Å². The molecule has 6 heteroatoms. The molecule has 2 aliphatic rings. The van der Waals surface area contributed by atoms with Crippen molar-refractivity contribution in [3.63, 3.8) is 0 Å². The summed E-state index contributed by atoms with van der Waals surface area (Å²) in [5.41, 5.74) is 1.43. The van der Waals surface area contributed by atoms with E-state index < -0.39 is 0 Å². The summed E-state index contributed by atoms with van der Waals surface area (Å²) in [7, 11) is 2.18. The topological polar surface area (TPSA) is 45.2 Å². The maximum absolute atomic E-state index is 13.0. The molecule has 0 aliphatic carbocycles. The maximum Gasteiger partial charge on any atom is 0.253 e. The summed E-state index contributed by atoms with van der Waals surface area (Å²) in [4.78, 5) is 19.4. The Balaban J connectivity index is 1.71. The molecule has 4 nitrogen and oxygen atoms in total. The van der Waals surface area contributed by atoms with Gasteiger partial charge < -0.3 is 5.32 Å². The first-order valence-corrected chi connectivity index (χ1v) is 9.67. The number of hydrogen-bond donors (Lipinski definition) is 1.